The van der Waals surface area contributed by atoms with Crippen molar-refractivity contribution in [2.24, 2.45) is 0 Å². The summed E-state index contributed by atoms with van der Waals surface area (Å²) in [7, 11) is -1.69. The molecule has 1 N–H and O–H groups in total. The number of carbonyl (C=O) groups is 1. The van der Waals surface area contributed by atoms with Crippen molar-refractivity contribution in [3.63, 3.8) is 0 Å². The third-order valence-electron chi connectivity index (χ3n) is 6.71. The molecule has 0 spiro atoms. The smallest absolute Gasteiger partial charge is 0.268 e. The molecule has 33 heavy (non-hydrogen) atoms. The summed E-state index contributed by atoms with van der Waals surface area (Å²) in [6, 6.07) is 6.61. The Morgan fingerprint density at radius 1 is 1.24 bits per heavy atom. The third kappa shape index (κ3) is 3.83. The van der Waals surface area contributed by atoms with Crippen molar-refractivity contribution in [1.82, 2.24) is 23.6 Å². The van der Waals surface area contributed by atoms with Gasteiger partial charge in [0, 0.05) is 38.0 Å². The zero-order valence-corrected chi connectivity index (χ0v) is 19.4. The molecule has 2 atom stereocenters. The minimum atomic E-state index is -3.27. The van der Waals surface area contributed by atoms with E-state index in [-0.39, 0.29) is 29.6 Å². The summed E-state index contributed by atoms with van der Waals surface area (Å²) in [6.07, 6.45) is 5.69. The Morgan fingerprint density at radius 3 is 2.64 bits per heavy atom. The second kappa shape index (κ2) is 8.23. The molecule has 10 nitrogen and oxygen atoms in total. The van der Waals surface area contributed by atoms with Gasteiger partial charge in [-0.15, -0.1) is 0 Å². The van der Waals surface area contributed by atoms with Crippen LogP contribution in [0.3, 0.4) is 0 Å². The van der Waals surface area contributed by atoms with E-state index in [9.17, 15) is 18.0 Å². The summed E-state index contributed by atoms with van der Waals surface area (Å²) in [5.41, 5.74) is 1.06. The van der Waals surface area contributed by atoms with Crippen LogP contribution < -0.4 is 10.9 Å². The summed E-state index contributed by atoms with van der Waals surface area (Å²) in [4.78, 5) is 31.0. The molecule has 0 aromatic carbocycles. The molecule has 3 aromatic rings. The summed E-state index contributed by atoms with van der Waals surface area (Å²) < 4.78 is 34.3. The van der Waals surface area contributed by atoms with Gasteiger partial charge in [-0.1, -0.05) is 6.07 Å². The number of hydrogen-bond donors (Lipinski definition) is 1. The quantitative estimate of drug-likeness (QED) is 0.571. The number of nitrogens with zero attached hydrogens (tertiary/aromatic N) is 4. The van der Waals surface area contributed by atoms with E-state index in [4.69, 9.17) is 4.74 Å². The van der Waals surface area contributed by atoms with E-state index in [0.717, 1.165) is 12.8 Å². The number of sulfonamides is 1. The van der Waals surface area contributed by atoms with Gasteiger partial charge in [-0.2, -0.15) is 4.31 Å². The molecule has 2 aliphatic heterocycles. The van der Waals surface area contributed by atoms with Gasteiger partial charge in [-0.05, 0) is 43.9 Å². The fraction of sp³-hybridized carbons (Fsp3) is 0.500. The number of pyridine rings is 1. The van der Waals surface area contributed by atoms with E-state index >= 15 is 0 Å². The monoisotopic (exact) mass is 473 g/mol. The van der Waals surface area contributed by atoms with Crippen molar-refractivity contribution in [2.45, 2.75) is 50.4 Å². The van der Waals surface area contributed by atoms with Gasteiger partial charge in [0.25, 0.3) is 11.5 Å². The first kappa shape index (κ1) is 22.1. The molecule has 2 saturated heterocycles. The molecule has 2 fully saturated rings. The third-order valence-corrected chi connectivity index (χ3v) is 8.07. The van der Waals surface area contributed by atoms with Gasteiger partial charge in [0.15, 0.2) is 0 Å². The van der Waals surface area contributed by atoms with Crippen molar-refractivity contribution in [3.05, 3.63) is 46.5 Å². The van der Waals surface area contributed by atoms with Crippen LogP contribution in [-0.2, 0) is 21.3 Å². The molecule has 2 aliphatic rings. The zero-order chi connectivity index (χ0) is 23.3. The first-order valence-corrected chi connectivity index (χ1v) is 12.9. The number of methoxy groups -OCH3 is 1. The number of hydrogen-bond acceptors (Lipinski definition) is 6. The lowest BCUT2D eigenvalue weighted by atomic mass is 9.99. The number of nitrogens with one attached hydrogen (secondary N) is 1. The maximum Gasteiger partial charge on any atom is 0.268 e. The van der Waals surface area contributed by atoms with E-state index in [1.54, 1.807) is 46.4 Å². The number of carbonyl (C=O) groups excluding carboxylic acids is 1. The van der Waals surface area contributed by atoms with Gasteiger partial charge in [0.1, 0.15) is 17.0 Å². The van der Waals surface area contributed by atoms with E-state index < -0.39 is 10.0 Å². The van der Waals surface area contributed by atoms with Gasteiger partial charge >= 0.3 is 0 Å². The van der Waals surface area contributed by atoms with Crippen LogP contribution >= 0.6 is 0 Å². The van der Waals surface area contributed by atoms with Crippen molar-refractivity contribution < 1.29 is 17.9 Å². The summed E-state index contributed by atoms with van der Waals surface area (Å²) in [6.45, 7) is 0.729. The lowest BCUT2D eigenvalue weighted by Crippen LogP contribution is -2.52. The molecule has 3 aromatic heterocycles. The summed E-state index contributed by atoms with van der Waals surface area (Å²) >= 11 is 0. The van der Waals surface area contributed by atoms with Crippen LogP contribution in [0.4, 0.5) is 0 Å². The highest BCUT2D eigenvalue weighted by Crippen LogP contribution is 2.37. The van der Waals surface area contributed by atoms with Crippen LogP contribution in [0, 0.1) is 0 Å². The van der Waals surface area contributed by atoms with Crippen molar-refractivity contribution in [2.75, 3.05) is 20.0 Å². The Balaban J connectivity index is 1.48. The first-order valence-electron chi connectivity index (χ1n) is 11.1. The highest BCUT2D eigenvalue weighted by atomic mass is 32.2. The summed E-state index contributed by atoms with van der Waals surface area (Å²) in [5.74, 6) is -0.297. The lowest BCUT2D eigenvalue weighted by Gasteiger charge is -2.37. The highest BCUT2D eigenvalue weighted by Gasteiger charge is 2.45. The fourth-order valence-corrected chi connectivity index (χ4v) is 6.87. The van der Waals surface area contributed by atoms with E-state index in [1.165, 1.54) is 10.7 Å². The molecule has 11 heteroatoms. The lowest BCUT2D eigenvalue weighted by molar-refractivity contribution is 0.0898. The van der Waals surface area contributed by atoms with Crippen molar-refractivity contribution in [1.29, 1.82) is 0 Å². The topological polar surface area (TPSA) is 115 Å². The molecule has 5 heterocycles. The van der Waals surface area contributed by atoms with Crippen LogP contribution in [0.15, 0.2) is 35.3 Å². The maximum absolute atomic E-state index is 13.3. The normalized spacial score (nSPS) is 23.4. The second-order valence-electron chi connectivity index (χ2n) is 8.88. The standard InChI is InChI=1S/C22H27N5O5S/c1-32-10-9-25-18(13-17-20(25)24-19-5-3-4-8-26(19)22(17)29)21(28)23-14-11-15-6-7-16(12-14)27(15)33(2,30)31/h3-5,8,13-16H,6-7,9-12H2,1-2H3,(H,23,28). The number of amides is 1. The highest BCUT2D eigenvalue weighted by molar-refractivity contribution is 7.88. The average Bonchev–Trinajstić information content (AvgIpc) is 3.28. The minimum absolute atomic E-state index is 0.0833. The Bertz CT molecular complexity index is 1380. The van der Waals surface area contributed by atoms with Crippen molar-refractivity contribution >= 4 is 32.6 Å². The van der Waals surface area contributed by atoms with E-state index in [1.807, 2.05) is 0 Å². The number of fused-ring (bicyclic) bond motifs is 4. The molecular formula is C22H27N5O5S. The molecule has 5 rings (SSSR count). The predicted octanol–water partition coefficient (Wildman–Crippen LogP) is 0.980. The fourth-order valence-electron chi connectivity index (χ4n) is 5.40. The molecule has 2 unspecified atom stereocenters. The average molecular weight is 474 g/mol. The predicted molar refractivity (Wildman–Crippen MR) is 123 cm³/mol. The molecule has 0 aliphatic carbocycles. The molecule has 0 radical (unpaired) electrons. The van der Waals surface area contributed by atoms with Crippen molar-refractivity contribution in [3.8, 4) is 0 Å². The van der Waals surface area contributed by atoms with Gasteiger partial charge in [0.2, 0.25) is 10.0 Å². The van der Waals surface area contributed by atoms with Gasteiger partial charge in [0.05, 0.1) is 18.2 Å². The van der Waals surface area contributed by atoms with Gasteiger partial charge in [-0.25, -0.2) is 13.4 Å². The molecular weight excluding hydrogens is 446 g/mol. The number of aromatic nitrogens is 3. The molecule has 2 bridgehead atoms. The summed E-state index contributed by atoms with van der Waals surface area (Å²) in [5, 5.41) is 3.46. The number of ether oxygens (including phenoxy) is 1. The Kier molecular flexibility index (Phi) is 5.50. The van der Waals surface area contributed by atoms with Crippen LogP contribution in [0.2, 0.25) is 0 Å². The van der Waals surface area contributed by atoms with Crippen LogP contribution in [0.5, 0.6) is 0 Å². The van der Waals surface area contributed by atoms with Crippen LogP contribution in [0.25, 0.3) is 16.7 Å². The van der Waals surface area contributed by atoms with Crippen LogP contribution in [0.1, 0.15) is 36.2 Å². The molecule has 176 valence electrons. The van der Waals surface area contributed by atoms with E-state index in [0.29, 0.717) is 48.4 Å². The largest absolute Gasteiger partial charge is 0.383 e. The molecule has 1 amide bonds. The SMILES string of the molecule is COCCn1c(C(=O)NC2CC3CCC(C2)N3S(C)(=O)=O)cc2c(=O)n3ccccc3nc21. The van der Waals surface area contributed by atoms with Gasteiger partial charge < -0.3 is 14.6 Å². The molecule has 0 saturated carbocycles. The Labute approximate surface area is 191 Å². The van der Waals surface area contributed by atoms with Crippen LogP contribution in [-0.4, -0.2) is 70.7 Å². The van der Waals surface area contributed by atoms with E-state index in [2.05, 4.69) is 10.3 Å². The first-order chi connectivity index (χ1) is 15.8. The Morgan fingerprint density at radius 2 is 1.97 bits per heavy atom. The number of rotatable bonds is 6. The minimum Gasteiger partial charge on any atom is -0.383 e. The zero-order valence-electron chi connectivity index (χ0n) is 18.6. The Hall–Kier alpha value is -2.76. The number of piperidine rings is 1. The second-order valence-corrected chi connectivity index (χ2v) is 10.8. The van der Waals surface area contributed by atoms with Gasteiger partial charge in [-0.3, -0.25) is 14.0 Å². The maximum atomic E-state index is 13.3.